The number of carbonyl (C=O) groups excluding carboxylic acids is 2. The van der Waals surface area contributed by atoms with Crippen molar-refractivity contribution in [1.82, 2.24) is 4.90 Å². The molecule has 0 aromatic heterocycles. The molecule has 2 aliphatic rings. The number of ether oxygens (including phenoxy) is 1. The van der Waals surface area contributed by atoms with E-state index in [1.165, 1.54) is 0 Å². The number of fused-ring (bicyclic) bond motifs is 1. The summed E-state index contributed by atoms with van der Waals surface area (Å²) in [5, 5.41) is 21.1. The molecule has 1 fully saturated rings. The van der Waals surface area contributed by atoms with E-state index < -0.39 is 41.1 Å². The van der Waals surface area contributed by atoms with Gasteiger partial charge in [-0.25, -0.2) is 4.79 Å². The first kappa shape index (κ1) is 15.7. The zero-order valence-electron chi connectivity index (χ0n) is 11.2. The SMILES string of the molecule is CC(=O)OC(C#N)C1=C(C(=O)O)N2C(=O)[C@H](N=[N+]=[N-])[C@H]2SC1. The van der Waals surface area contributed by atoms with E-state index in [-0.39, 0.29) is 11.3 Å². The highest BCUT2D eigenvalue weighted by Gasteiger charge is 2.54. The maximum atomic E-state index is 11.9. The topological polar surface area (TPSA) is 156 Å². The molecule has 114 valence electrons. The summed E-state index contributed by atoms with van der Waals surface area (Å²) >= 11 is 1.14. The molecule has 2 aliphatic heterocycles. The molecular formula is C11H9N5O5S. The summed E-state index contributed by atoms with van der Waals surface area (Å²) < 4.78 is 4.78. The molecular weight excluding hydrogens is 314 g/mol. The minimum Gasteiger partial charge on any atom is -0.477 e. The van der Waals surface area contributed by atoms with Crippen LogP contribution in [0.15, 0.2) is 16.4 Å². The zero-order valence-corrected chi connectivity index (χ0v) is 12.0. The lowest BCUT2D eigenvalue weighted by molar-refractivity contribution is -0.148. The molecule has 1 amide bonds. The molecule has 3 atom stereocenters. The minimum absolute atomic E-state index is 0.0270. The van der Waals surface area contributed by atoms with Gasteiger partial charge in [0.2, 0.25) is 12.0 Å². The van der Waals surface area contributed by atoms with Crippen LogP contribution in [-0.2, 0) is 19.1 Å². The van der Waals surface area contributed by atoms with Crippen molar-refractivity contribution in [3.63, 3.8) is 0 Å². The Morgan fingerprint density at radius 1 is 1.68 bits per heavy atom. The molecule has 22 heavy (non-hydrogen) atoms. The number of azide groups is 1. The number of thioether (sulfide) groups is 1. The van der Waals surface area contributed by atoms with Crippen molar-refractivity contribution < 1.29 is 24.2 Å². The van der Waals surface area contributed by atoms with Crippen molar-refractivity contribution in [2.75, 3.05) is 5.75 Å². The lowest BCUT2D eigenvalue weighted by atomic mass is 10.0. The number of carboxylic acid groups (broad SMARTS) is 1. The average Bonchev–Trinajstić information content (AvgIpc) is 2.48. The molecule has 2 heterocycles. The molecule has 0 bridgehead atoms. The number of nitriles is 1. The van der Waals surface area contributed by atoms with Gasteiger partial charge in [0.05, 0.1) is 0 Å². The number of amides is 1. The van der Waals surface area contributed by atoms with Gasteiger partial charge in [0.1, 0.15) is 23.2 Å². The standard InChI is InChI=1S/C11H9N5O5S/c1-4(17)21-6(2-12)5-3-22-10-7(14-15-13)9(18)16(10)8(5)11(19)20/h6-7,10H,3H2,1H3,(H,19,20)/t6?,7-,10+/m0/s1. The molecule has 0 aliphatic carbocycles. The summed E-state index contributed by atoms with van der Waals surface area (Å²) in [6.45, 7) is 1.09. The number of esters is 1. The molecule has 10 nitrogen and oxygen atoms in total. The van der Waals surface area contributed by atoms with Crippen molar-refractivity contribution in [2.24, 2.45) is 5.11 Å². The molecule has 0 aromatic rings. The lowest BCUT2D eigenvalue weighted by Gasteiger charge is -2.48. The number of hydrogen-bond acceptors (Lipinski definition) is 7. The van der Waals surface area contributed by atoms with Crippen LogP contribution in [0.2, 0.25) is 0 Å². The molecule has 0 saturated carbocycles. The Bertz CT molecular complexity index is 677. The van der Waals surface area contributed by atoms with Crippen molar-refractivity contribution >= 4 is 29.6 Å². The summed E-state index contributed by atoms with van der Waals surface area (Å²) in [4.78, 5) is 37.9. The maximum Gasteiger partial charge on any atom is 0.352 e. The van der Waals surface area contributed by atoms with Crippen LogP contribution in [-0.4, -0.2) is 51.1 Å². The average molecular weight is 323 g/mol. The van der Waals surface area contributed by atoms with E-state index in [0.717, 1.165) is 23.6 Å². The number of nitrogens with zero attached hydrogens (tertiary/aromatic N) is 5. The van der Waals surface area contributed by atoms with Crippen LogP contribution in [0.25, 0.3) is 10.4 Å². The van der Waals surface area contributed by atoms with E-state index in [1.807, 2.05) is 0 Å². The zero-order chi connectivity index (χ0) is 16.4. The molecule has 0 radical (unpaired) electrons. The highest BCUT2D eigenvalue weighted by molar-refractivity contribution is 8.00. The second kappa shape index (κ2) is 5.97. The van der Waals surface area contributed by atoms with E-state index in [9.17, 15) is 19.5 Å². The summed E-state index contributed by atoms with van der Waals surface area (Å²) in [5.74, 6) is -2.75. The fourth-order valence-corrected chi connectivity index (χ4v) is 3.54. The van der Waals surface area contributed by atoms with Crippen LogP contribution in [0.5, 0.6) is 0 Å². The van der Waals surface area contributed by atoms with Gasteiger partial charge in [0.15, 0.2) is 0 Å². The predicted octanol–water partition coefficient (Wildman–Crippen LogP) is 0.374. The minimum atomic E-state index is -1.42. The maximum absolute atomic E-state index is 11.9. The Labute approximate surface area is 127 Å². The van der Waals surface area contributed by atoms with Gasteiger partial charge in [0, 0.05) is 23.2 Å². The Morgan fingerprint density at radius 2 is 2.36 bits per heavy atom. The lowest BCUT2D eigenvalue weighted by Crippen LogP contribution is -2.64. The smallest absolute Gasteiger partial charge is 0.352 e. The Balaban J connectivity index is 2.42. The van der Waals surface area contributed by atoms with Gasteiger partial charge >= 0.3 is 11.9 Å². The Kier molecular flexibility index (Phi) is 4.25. The van der Waals surface area contributed by atoms with E-state index in [4.69, 9.17) is 15.5 Å². The van der Waals surface area contributed by atoms with Gasteiger partial charge in [-0.2, -0.15) is 5.26 Å². The van der Waals surface area contributed by atoms with Crippen LogP contribution in [0, 0.1) is 11.3 Å². The second-order valence-corrected chi connectivity index (χ2v) is 5.46. The number of carboxylic acids is 1. The van der Waals surface area contributed by atoms with Gasteiger partial charge in [-0.15, -0.1) is 11.8 Å². The molecule has 1 N–H and O–H groups in total. The number of rotatable bonds is 4. The third-order valence-corrected chi connectivity index (χ3v) is 4.35. The normalized spacial score (nSPS) is 24.4. The number of hydrogen-bond donors (Lipinski definition) is 1. The van der Waals surface area contributed by atoms with Crippen LogP contribution < -0.4 is 0 Å². The van der Waals surface area contributed by atoms with Crippen LogP contribution >= 0.6 is 11.8 Å². The third-order valence-electron chi connectivity index (χ3n) is 3.07. The monoisotopic (exact) mass is 323 g/mol. The fourth-order valence-electron chi connectivity index (χ4n) is 2.19. The molecule has 11 heteroatoms. The number of carbonyl (C=O) groups is 3. The third kappa shape index (κ3) is 2.45. The van der Waals surface area contributed by atoms with Crippen LogP contribution in [0.1, 0.15) is 6.92 Å². The fraction of sp³-hybridized carbons (Fsp3) is 0.455. The Morgan fingerprint density at radius 3 is 2.86 bits per heavy atom. The van der Waals surface area contributed by atoms with E-state index >= 15 is 0 Å². The van der Waals surface area contributed by atoms with Crippen molar-refractivity contribution in [1.29, 1.82) is 5.26 Å². The van der Waals surface area contributed by atoms with Crippen LogP contribution in [0.3, 0.4) is 0 Å². The highest BCUT2D eigenvalue weighted by Crippen LogP contribution is 2.42. The summed E-state index contributed by atoms with van der Waals surface area (Å²) in [6, 6.07) is 0.729. The number of aliphatic carboxylic acids is 1. The summed E-state index contributed by atoms with van der Waals surface area (Å²) in [7, 11) is 0. The molecule has 0 aromatic carbocycles. The molecule has 2 rings (SSSR count). The van der Waals surface area contributed by atoms with E-state index in [0.29, 0.717) is 0 Å². The molecule has 1 unspecified atom stereocenters. The van der Waals surface area contributed by atoms with Crippen LogP contribution in [0.4, 0.5) is 0 Å². The largest absolute Gasteiger partial charge is 0.477 e. The predicted molar refractivity (Wildman–Crippen MR) is 71.9 cm³/mol. The molecule has 1 saturated heterocycles. The first-order valence-electron chi connectivity index (χ1n) is 5.94. The van der Waals surface area contributed by atoms with Crippen molar-refractivity contribution in [3.05, 3.63) is 21.7 Å². The number of β-lactam (4-membered cyclic amide) rings is 1. The second-order valence-electron chi connectivity index (χ2n) is 4.36. The first-order chi connectivity index (χ1) is 10.4. The van der Waals surface area contributed by atoms with Crippen molar-refractivity contribution in [2.45, 2.75) is 24.4 Å². The van der Waals surface area contributed by atoms with E-state index in [1.54, 1.807) is 6.07 Å². The summed E-state index contributed by atoms with van der Waals surface area (Å²) in [6.07, 6.45) is -1.39. The van der Waals surface area contributed by atoms with Gasteiger partial charge < -0.3 is 9.84 Å². The van der Waals surface area contributed by atoms with E-state index in [2.05, 4.69) is 10.0 Å². The van der Waals surface area contributed by atoms with Gasteiger partial charge in [-0.05, 0) is 5.53 Å². The first-order valence-corrected chi connectivity index (χ1v) is 6.99. The highest BCUT2D eigenvalue weighted by atomic mass is 32.2. The van der Waals surface area contributed by atoms with Gasteiger partial charge in [-0.1, -0.05) is 5.11 Å². The quantitative estimate of drug-likeness (QED) is 0.257. The summed E-state index contributed by atoms with van der Waals surface area (Å²) in [5.41, 5.74) is 8.04. The molecule has 0 spiro atoms. The Hall–Kier alpha value is -2.70. The van der Waals surface area contributed by atoms with Gasteiger partial charge in [0.25, 0.3) is 0 Å². The van der Waals surface area contributed by atoms with Crippen molar-refractivity contribution in [3.8, 4) is 6.07 Å². The van der Waals surface area contributed by atoms with Gasteiger partial charge in [-0.3, -0.25) is 14.5 Å².